The van der Waals surface area contributed by atoms with Gasteiger partial charge >= 0.3 is 0 Å². The zero-order valence-electron chi connectivity index (χ0n) is 9.34. The summed E-state index contributed by atoms with van der Waals surface area (Å²) in [5, 5.41) is 8.90. The van der Waals surface area contributed by atoms with Crippen molar-refractivity contribution in [1.82, 2.24) is 4.98 Å². The number of aromatic nitrogens is 1. The van der Waals surface area contributed by atoms with Crippen LogP contribution in [0.5, 0.6) is 5.75 Å². The van der Waals surface area contributed by atoms with Gasteiger partial charge in [0.1, 0.15) is 12.4 Å². The van der Waals surface area contributed by atoms with E-state index < -0.39 is 0 Å². The first-order valence-corrected chi connectivity index (χ1v) is 5.31. The van der Waals surface area contributed by atoms with E-state index in [1.54, 1.807) is 18.3 Å². The highest BCUT2D eigenvalue weighted by atomic mass is 16.5. The maximum atomic E-state index is 8.90. The number of aliphatic hydroxyl groups is 1. The van der Waals surface area contributed by atoms with Gasteiger partial charge in [0, 0.05) is 11.9 Å². The molecule has 4 nitrogen and oxygen atoms in total. The van der Waals surface area contributed by atoms with Gasteiger partial charge in [-0.1, -0.05) is 12.1 Å². The van der Waals surface area contributed by atoms with Gasteiger partial charge in [0.05, 0.1) is 12.3 Å². The third-order valence-corrected chi connectivity index (χ3v) is 2.33. The summed E-state index contributed by atoms with van der Waals surface area (Å²) in [5.41, 5.74) is 7.97. The SMILES string of the molecule is Nc1ccnc(COc2ccc(CO)cc2)c1. The number of nitrogens with zero attached hydrogens (tertiary/aromatic N) is 1. The van der Waals surface area contributed by atoms with E-state index in [0.29, 0.717) is 12.3 Å². The van der Waals surface area contributed by atoms with E-state index in [2.05, 4.69) is 4.98 Å². The number of aliphatic hydroxyl groups excluding tert-OH is 1. The van der Waals surface area contributed by atoms with E-state index in [4.69, 9.17) is 15.6 Å². The van der Waals surface area contributed by atoms with Crippen LogP contribution in [-0.4, -0.2) is 10.1 Å². The molecule has 17 heavy (non-hydrogen) atoms. The molecule has 0 fully saturated rings. The summed E-state index contributed by atoms with van der Waals surface area (Å²) in [5.74, 6) is 0.742. The molecule has 4 heteroatoms. The van der Waals surface area contributed by atoms with Crippen molar-refractivity contribution in [2.75, 3.05) is 5.73 Å². The Bertz CT molecular complexity index is 483. The Balaban J connectivity index is 1.97. The third kappa shape index (κ3) is 3.19. The smallest absolute Gasteiger partial charge is 0.130 e. The molecule has 0 unspecified atom stereocenters. The third-order valence-electron chi connectivity index (χ3n) is 2.33. The number of rotatable bonds is 4. The van der Waals surface area contributed by atoms with E-state index >= 15 is 0 Å². The van der Waals surface area contributed by atoms with Crippen molar-refractivity contribution in [2.45, 2.75) is 13.2 Å². The van der Waals surface area contributed by atoms with Crippen molar-refractivity contribution in [3.8, 4) is 5.75 Å². The van der Waals surface area contributed by atoms with Gasteiger partial charge in [-0.25, -0.2) is 0 Å². The first-order valence-electron chi connectivity index (χ1n) is 5.31. The van der Waals surface area contributed by atoms with Crippen LogP contribution in [0.15, 0.2) is 42.6 Å². The molecule has 2 rings (SSSR count). The van der Waals surface area contributed by atoms with Crippen molar-refractivity contribution in [1.29, 1.82) is 0 Å². The number of hydrogen-bond donors (Lipinski definition) is 2. The zero-order chi connectivity index (χ0) is 12.1. The normalized spacial score (nSPS) is 10.2. The van der Waals surface area contributed by atoms with Crippen molar-refractivity contribution in [3.63, 3.8) is 0 Å². The Kier molecular flexibility index (Phi) is 3.57. The van der Waals surface area contributed by atoms with Crippen molar-refractivity contribution in [3.05, 3.63) is 53.9 Å². The number of nitrogens with two attached hydrogens (primary N) is 1. The summed E-state index contributed by atoms with van der Waals surface area (Å²) < 4.78 is 5.55. The molecule has 0 saturated heterocycles. The quantitative estimate of drug-likeness (QED) is 0.839. The fourth-order valence-corrected chi connectivity index (χ4v) is 1.42. The Labute approximate surface area is 99.7 Å². The van der Waals surface area contributed by atoms with E-state index in [0.717, 1.165) is 17.0 Å². The maximum Gasteiger partial charge on any atom is 0.130 e. The van der Waals surface area contributed by atoms with Gasteiger partial charge in [-0.15, -0.1) is 0 Å². The number of hydrogen-bond acceptors (Lipinski definition) is 4. The minimum Gasteiger partial charge on any atom is -0.487 e. The topological polar surface area (TPSA) is 68.4 Å². The number of benzene rings is 1. The summed E-state index contributed by atoms with van der Waals surface area (Å²) in [7, 11) is 0. The molecule has 0 atom stereocenters. The van der Waals surface area contributed by atoms with Gasteiger partial charge in [-0.05, 0) is 29.8 Å². The molecule has 0 bridgehead atoms. The average Bonchev–Trinajstić information content (AvgIpc) is 2.37. The largest absolute Gasteiger partial charge is 0.487 e. The molecule has 1 heterocycles. The van der Waals surface area contributed by atoms with Crippen molar-refractivity contribution in [2.24, 2.45) is 0 Å². The lowest BCUT2D eigenvalue weighted by Gasteiger charge is -2.06. The first-order chi connectivity index (χ1) is 8.28. The van der Waals surface area contributed by atoms with Gasteiger partial charge < -0.3 is 15.6 Å². The fourth-order valence-electron chi connectivity index (χ4n) is 1.42. The van der Waals surface area contributed by atoms with Gasteiger partial charge in [0.25, 0.3) is 0 Å². The molecule has 0 aliphatic heterocycles. The molecule has 0 radical (unpaired) electrons. The monoisotopic (exact) mass is 230 g/mol. The summed E-state index contributed by atoms with van der Waals surface area (Å²) in [6.45, 7) is 0.417. The molecule has 0 amide bonds. The van der Waals surface area contributed by atoms with Crippen LogP contribution in [-0.2, 0) is 13.2 Å². The molecular weight excluding hydrogens is 216 g/mol. The molecular formula is C13H14N2O2. The highest BCUT2D eigenvalue weighted by Gasteiger charge is 1.98. The molecule has 0 aliphatic carbocycles. The molecule has 0 saturated carbocycles. The number of nitrogen functional groups attached to an aromatic ring is 1. The van der Waals surface area contributed by atoms with Crippen LogP contribution in [0, 0.1) is 0 Å². The van der Waals surface area contributed by atoms with E-state index in [1.807, 2.05) is 24.3 Å². The molecule has 1 aromatic carbocycles. The zero-order valence-corrected chi connectivity index (χ0v) is 9.34. The molecule has 0 spiro atoms. The minimum absolute atomic E-state index is 0.0387. The fraction of sp³-hybridized carbons (Fsp3) is 0.154. The van der Waals surface area contributed by atoms with Crippen LogP contribution in [0.4, 0.5) is 5.69 Å². The molecule has 1 aromatic heterocycles. The summed E-state index contributed by atoms with van der Waals surface area (Å²) >= 11 is 0. The minimum atomic E-state index is 0.0387. The second-order valence-corrected chi connectivity index (χ2v) is 3.67. The van der Waals surface area contributed by atoms with Crippen LogP contribution in [0.2, 0.25) is 0 Å². The Morgan fingerprint density at radius 2 is 1.94 bits per heavy atom. The number of pyridine rings is 1. The lowest BCUT2D eigenvalue weighted by atomic mass is 10.2. The summed E-state index contributed by atoms with van der Waals surface area (Å²) in [4.78, 5) is 4.14. The second-order valence-electron chi connectivity index (χ2n) is 3.67. The van der Waals surface area contributed by atoms with Gasteiger partial charge in [0.2, 0.25) is 0 Å². The van der Waals surface area contributed by atoms with Crippen molar-refractivity contribution < 1.29 is 9.84 Å². The predicted molar refractivity (Wildman–Crippen MR) is 65.3 cm³/mol. The summed E-state index contributed by atoms with van der Waals surface area (Å²) in [6.07, 6.45) is 1.66. The number of ether oxygens (including phenoxy) is 1. The molecule has 2 aromatic rings. The molecule has 0 aliphatic rings. The van der Waals surface area contributed by atoms with Crippen molar-refractivity contribution >= 4 is 5.69 Å². The predicted octanol–water partition coefficient (Wildman–Crippen LogP) is 1.74. The summed E-state index contributed by atoms with van der Waals surface area (Å²) in [6, 6.07) is 10.8. The van der Waals surface area contributed by atoms with Crippen LogP contribution in [0.25, 0.3) is 0 Å². The second kappa shape index (κ2) is 5.32. The first kappa shape index (κ1) is 11.4. The van der Waals surface area contributed by atoms with Crippen LogP contribution in [0.1, 0.15) is 11.3 Å². The van der Waals surface area contributed by atoms with Gasteiger partial charge in [-0.3, -0.25) is 4.98 Å². The highest BCUT2D eigenvalue weighted by Crippen LogP contribution is 2.14. The maximum absolute atomic E-state index is 8.90. The Morgan fingerprint density at radius 3 is 2.59 bits per heavy atom. The van der Waals surface area contributed by atoms with Gasteiger partial charge in [-0.2, -0.15) is 0 Å². The van der Waals surface area contributed by atoms with Crippen LogP contribution in [0.3, 0.4) is 0 Å². The van der Waals surface area contributed by atoms with E-state index in [9.17, 15) is 0 Å². The standard InChI is InChI=1S/C13H14N2O2/c14-11-5-6-15-12(7-11)9-17-13-3-1-10(8-16)2-4-13/h1-7,16H,8-9H2,(H2,14,15). The van der Waals surface area contributed by atoms with E-state index in [1.165, 1.54) is 0 Å². The Hall–Kier alpha value is -2.07. The molecule has 88 valence electrons. The highest BCUT2D eigenvalue weighted by molar-refractivity contribution is 5.37. The van der Waals surface area contributed by atoms with Crippen LogP contribution >= 0.6 is 0 Å². The van der Waals surface area contributed by atoms with Gasteiger partial charge in [0.15, 0.2) is 0 Å². The van der Waals surface area contributed by atoms with Crippen LogP contribution < -0.4 is 10.5 Å². The van der Waals surface area contributed by atoms with E-state index in [-0.39, 0.29) is 6.61 Å². The number of anilines is 1. The lowest BCUT2D eigenvalue weighted by molar-refractivity contribution is 0.280. The lowest BCUT2D eigenvalue weighted by Crippen LogP contribution is -1.99. The average molecular weight is 230 g/mol. The molecule has 3 N–H and O–H groups in total. The Morgan fingerprint density at radius 1 is 1.18 bits per heavy atom.